The molecule has 26 heavy (non-hydrogen) atoms. The van der Waals surface area contributed by atoms with Crippen LogP contribution in [0.2, 0.25) is 0 Å². The fraction of sp³-hybridized carbons (Fsp3) is 0.167. The van der Waals surface area contributed by atoms with Gasteiger partial charge in [-0.25, -0.2) is 4.79 Å². The van der Waals surface area contributed by atoms with E-state index in [1.807, 2.05) is 30.3 Å². The molecular weight excluding hydrogens is 404 g/mol. The van der Waals surface area contributed by atoms with E-state index in [1.54, 1.807) is 13.0 Å². The lowest BCUT2D eigenvalue weighted by molar-refractivity contribution is -0.137. The second kappa shape index (κ2) is 9.57. The first-order chi connectivity index (χ1) is 12.5. The molecule has 2 amide bonds. The molecule has 0 aromatic heterocycles. The lowest BCUT2D eigenvalue weighted by Crippen LogP contribution is -2.43. The van der Waals surface area contributed by atoms with Gasteiger partial charge in [0.1, 0.15) is 5.75 Å². The number of nitrogens with one attached hydrogen (secondary N) is 2. The first-order valence-corrected chi connectivity index (χ1v) is 8.54. The number of carbonyl (C=O) groups excluding carboxylic acids is 3. The molecule has 136 valence electrons. The van der Waals surface area contributed by atoms with Crippen molar-refractivity contribution < 1.29 is 23.9 Å². The van der Waals surface area contributed by atoms with Crippen LogP contribution in [0.3, 0.4) is 0 Å². The van der Waals surface area contributed by atoms with Crippen LogP contribution in [0.1, 0.15) is 6.92 Å². The number of hydrogen-bond donors (Lipinski definition) is 2. The summed E-state index contributed by atoms with van der Waals surface area (Å²) in [5.41, 5.74) is 4.32. The summed E-state index contributed by atoms with van der Waals surface area (Å²) in [6, 6.07) is 11.4. The number of carbonyl (C=O) groups is 3. The maximum Gasteiger partial charge on any atom is 0.330 e. The Hall–Kier alpha value is -2.87. The molecule has 0 radical (unpaired) electrons. The minimum Gasteiger partial charge on any atom is -0.483 e. The summed E-state index contributed by atoms with van der Waals surface area (Å²) in [5.74, 6) is -1.35. The zero-order chi connectivity index (χ0) is 18.9. The van der Waals surface area contributed by atoms with E-state index in [9.17, 15) is 14.4 Å². The third-order valence-corrected chi connectivity index (χ3v) is 3.99. The van der Waals surface area contributed by atoms with Crippen molar-refractivity contribution in [1.82, 2.24) is 10.9 Å². The summed E-state index contributed by atoms with van der Waals surface area (Å²) in [6.07, 6.45) is 1.92. The van der Waals surface area contributed by atoms with E-state index in [2.05, 4.69) is 31.5 Å². The molecule has 0 saturated heterocycles. The maximum absolute atomic E-state index is 11.8. The maximum atomic E-state index is 11.8. The lowest BCUT2D eigenvalue weighted by Gasteiger charge is -2.10. The minimum atomic E-state index is -0.668. The number of halogens is 1. The molecule has 0 heterocycles. The second-order valence-corrected chi connectivity index (χ2v) is 5.80. The van der Waals surface area contributed by atoms with Gasteiger partial charge < -0.3 is 9.47 Å². The largest absolute Gasteiger partial charge is 0.483 e. The third-order valence-electron chi connectivity index (χ3n) is 3.17. The van der Waals surface area contributed by atoms with Gasteiger partial charge in [0.25, 0.3) is 11.8 Å². The van der Waals surface area contributed by atoms with Crippen LogP contribution in [0, 0.1) is 0 Å². The van der Waals surface area contributed by atoms with E-state index >= 15 is 0 Å². The summed E-state index contributed by atoms with van der Waals surface area (Å²) in [7, 11) is 0. The van der Waals surface area contributed by atoms with Crippen molar-refractivity contribution in [3.63, 3.8) is 0 Å². The Morgan fingerprint density at radius 3 is 2.62 bits per heavy atom. The van der Waals surface area contributed by atoms with E-state index in [0.717, 1.165) is 27.4 Å². The molecule has 0 atom stereocenters. The van der Waals surface area contributed by atoms with E-state index in [1.165, 1.54) is 0 Å². The van der Waals surface area contributed by atoms with E-state index in [-0.39, 0.29) is 13.2 Å². The van der Waals surface area contributed by atoms with Crippen LogP contribution in [0.5, 0.6) is 5.75 Å². The minimum absolute atomic E-state index is 0.212. The molecule has 0 unspecified atom stereocenters. The van der Waals surface area contributed by atoms with Gasteiger partial charge >= 0.3 is 5.97 Å². The molecule has 2 N–H and O–H groups in total. The Morgan fingerprint density at radius 1 is 1.08 bits per heavy atom. The third kappa shape index (κ3) is 5.59. The second-order valence-electron chi connectivity index (χ2n) is 5.01. The summed E-state index contributed by atoms with van der Waals surface area (Å²) >= 11 is 3.46. The predicted octanol–water partition coefficient (Wildman–Crippen LogP) is 2.25. The van der Waals surface area contributed by atoms with Crippen molar-refractivity contribution in [2.75, 3.05) is 13.2 Å². The number of amides is 2. The molecule has 0 aliphatic heterocycles. The molecule has 0 fully saturated rings. The summed E-state index contributed by atoms with van der Waals surface area (Å²) < 4.78 is 10.8. The van der Waals surface area contributed by atoms with Crippen molar-refractivity contribution in [2.24, 2.45) is 0 Å². The van der Waals surface area contributed by atoms with Crippen LogP contribution in [0.25, 0.3) is 10.8 Å². The highest BCUT2D eigenvalue weighted by molar-refractivity contribution is 9.10. The Kier molecular flexibility index (Phi) is 7.16. The van der Waals surface area contributed by atoms with Gasteiger partial charge in [0.15, 0.2) is 6.61 Å². The number of fused-ring (bicyclic) bond motifs is 1. The van der Waals surface area contributed by atoms with Gasteiger partial charge in [-0.05, 0) is 39.7 Å². The highest BCUT2D eigenvalue weighted by atomic mass is 79.9. The molecule has 0 spiro atoms. The van der Waals surface area contributed by atoms with E-state index in [4.69, 9.17) is 4.74 Å². The highest BCUT2D eigenvalue weighted by Gasteiger charge is 2.09. The first kappa shape index (κ1) is 19.5. The molecule has 2 aromatic carbocycles. The van der Waals surface area contributed by atoms with Gasteiger partial charge in [0.2, 0.25) is 0 Å². The summed E-state index contributed by atoms with van der Waals surface area (Å²) in [4.78, 5) is 34.3. The van der Waals surface area contributed by atoms with Crippen LogP contribution in [-0.2, 0) is 19.1 Å². The number of ether oxygens (including phenoxy) is 2. The van der Waals surface area contributed by atoms with Crippen molar-refractivity contribution in [3.05, 3.63) is 53.0 Å². The normalized spacial score (nSPS) is 10.5. The monoisotopic (exact) mass is 420 g/mol. The van der Waals surface area contributed by atoms with Crippen molar-refractivity contribution in [1.29, 1.82) is 0 Å². The van der Waals surface area contributed by atoms with Crippen LogP contribution in [0.4, 0.5) is 0 Å². The fourth-order valence-corrected chi connectivity index (χ4v) is 2.62. The Balaban J connectivity index is 1.83. The van der Waals surface area contributed by atoms with Gasteiger partial charge in [-0.2, -0.15) is 0 Å². The van der Waals surface area contributed by atoms with Gasteiger partial charge in [-0.1, -0.05) is 30.3 Å². The predicted molar refractivity (Wildman–Crippen MR) is 99.2 cm³/mol. The zero-order valence-corrected chi connectivity index (χ0v) is 15.5. The topological polar surface area (TPSA) is 93.7 Å². The van der Waals surface area contributed by atoms with E-state index in [0.29, 0.717) is 5.75 Å². The van der Waals surface area contributed by atoms with Gasteiger partial charge in [0.05, 0.1) is 11.1 Å². The van der Waals surface area contributed by atoms with Crippen LogP contribution in [-0.4, -0.2) is 31.0 Å². The first-order valence-electron chi connectivity index (χ1n) is 7.75. The number of esters is 1. The van der Waals surface area contributed by atoms with Crippen molar-refractivity contribution >= 4 is 44.5 Å². The Labute approximate surface area is 158 Å². The average Bonchev–Trinajstić information content (AvgIpc) is 2.64. The number of benzene rings is 2. The molecule has 0 aliphatic rings. The lowest BCUT2D eigenvalue weighted by atomic mass is 10.1. The zero-order valence-electron chi connectivity index (χ0n) is 14.0. The molecule has 2 rings (SSSR count). The van der Waals surface area contributed by atoms with Gasteiger partial charge in [0, 0.05) is 12.2 Å². The molecule has 2 aromatic rings. The smallest absolute Gasteiger partial charge is 0.330 e. The number of hydrazine groups is 1. The van der Waals surface area contributed by atoms with E-state index < -0.39 is 17.8 Å². The van der Waals surface area contributed by atoms with Crippen molar-refractivity contribution in [2.45, 2.75) is 6.92 Å². The van der Waals surface area contributed by atoms with Crippen LogP contribution < -0.4 is 15.6 Å². The van der Waals surface area contributed by atoms with Gasteiger partial charge in [-0.15, -0.1) is 0 Å². The van der Waals surface area contributed by atoms with Crippen molar-refractivity contribution in [3.8, 4) is 5.75 Å². The SMILES string of the molecule is CCOC(=O)C=CC(=O)NNC(=O)COc1ccc2ccccc2c1Br. The Morgan fingerprint density at radius 2 is 1.85 bits per heavy atom. The molecule has 0 bridgehead atoms. The highest BCUT2D eigenvalue weighted by Crippen LogP contribution is 2.32. The quantitative estimate of drug-likeness (QED) is 0.424. The fourth-order valence-electron chi connectivity index (χ4n) is 2.01. The summed E-state index contributed by atoms with van der Waals surface area (Å²) in [6.45, 7) is 1.57. The number of hydrogen-bond acceptors (Lipinski definition) is 5. The number of rotatable bonds is 6. The molecule has 0 saturated carbocycles. The standard InChI is InChI=1S/C18H17BrN2O5/c1-2-25-17(24)10-9-15(22)20-21-16(23)11-26-14-8-7-12-5-3-4-6-13(12)18(14)19/h3-10H,2,11H2,1H3,(H,20,22)(H,21,23). The average molecular weight is 421 g/mol. The summed E-state index contributed by atoms with van der Waals surface area (Å²) in [5, 5.41) is 2.00. The van der Waals surface area contributed by atoms with Crippen LogP contribution in [0.15, 0.2) is 53.0 Å². The van der Waals surface area contributed by atoms with Gasteiger partial charge in [-0.3, -0.25) is 20.4 Å². The molecule has 8 heteroatoms. The molecule has 7 nitrogen and oxygen atoms in total. The molecular formula is C18H17BrN2O5. The molecule has 0 aliphatic carbocycles. The van der Waals surface area contributed by atoms with Crippen LogP contribution >= 0.6 is 15.9 Å². The Bertz CT molecular complexity index is 851.